The lowest BCUT2D eigenvalue weighted by atomic mass is 9.74. The number of rotatable bonds is 3. The lowest BCUT2D eigenvalue weighted by Crippen LogP contribution is -2.35. The normalized spacial score (nSPS) is 26.2. The summed E-state index contributed by atoms with van der Waals surface area (Å²) in [5.41, 5.74) is 4.05. The Labute approximate surface area is 146 Å². The van der Waals surface area contributed by atoms with Gasteiger partial charge in [0.05, 0.1) is 0 Å². The number of carbonyl (C=O) groups excluding carboxylic acids is 2. The van der Waals surface area contributed by atoms with Gasteiger partial charge < -0.3 is 0 Å². The summed E-state index contributed by atoms with van der Waals surface area (Å²) in [6.45, 7) is 4.06. The number of aromatic nitrogens is 1. The predicted octanol–water partition coefficient (Wildman–Crippen LogP) is 4.33. The molecule has 1 aromatic carbocycles. The predicted molar refractivity (Wildman–Crippen MR) is 95.3 cm³/mol. The van der Waals surface area contributed by atoms with Gasteiger partial charge in [-0.25, -0.2) is 4.98 Å². The van der Waals surface area contributed by atoms with Crippen LogP contribution < -0.4 is 0 Å². The van der Waals surface area contributed by atoms with Crippen LogP contribution in [0.25, 0.3) is 10.6 Å². The first-order chi connectivity index (χ1) is 11.6. The summed E-state index contributed by atoms with van der Waals surface area (Å²) in [5.74, 6) is -0.0691. The third-order valence-corrected chi connectivity index (χ3v) is 6.52. The molecule has 4 heteroatoms. The molecule has 124 valence electrons. The van der Waals surface area contributed by atoms with Gasteiger partial charge >= 0.3 is 0 Å². The number of fused-ring (bicyclic) bond motifs is 2. The van der Waals surface area contributed by atoms with Crippen molar-refractivity contribution in [1.29, 1.82) is 0 Å². The maximum absolute atomic E-state index is 12.9. The van der Waals surface area contributed by atoms with Crippen LogP contribution in [0.1, 0.15) is 48.9 Å². The molecule has 0 N–H and O–H groups in total. The topological polar surface area (TPSA) is 47.0 Å². The summed E-state index contributed by atoms with van der Waals surface area (Å²) in [4.78, 5) is 30.3. The lowest BCUT2D eigenvalue weighted by molar-refractivity contribution is -0.135. The minimum atomic E-state index is -0.549. The molecular weight excluding hydrogens is 318 g/mol. The average Bonchev–Trinajstić information content (AvgIpc) is 3.21. The second-order valence-electron chi connectivity index (χ2n) is 7.01. The second-order valence-corrected chi connectivity index (χ2v) is 7.86. The number of aryl methyl sites for hydroxylation is 2. The highest BCUT2D eigenvalue weighted by atomic mass is 32.1. The molecule has 0 spiro atoms. The van der Waals surface area contributed by atoms with E-state index in [0.717, 1.165) is 53.1 Å². The van der Waals surface area contributed by atoms with Gasteiger partial charge in [-0.1, -0.05) is 19.1 Å². The monoisotopic (exact) mass is 339 g/mol. The van der Waals surface area contributed by atoms with E-state index in [9.17, 15) is 9.59 Å². The summed E-state index contributed by atoms with van der Waals surface area (Å²) in [6, 6.07) is 6.17. The lowest BCUT2D eigenvalue weighted by Gasteiger charge is -2.27. The van der Waals surface area contributed by atoms with Crippen molar-refractivity contribution in [3.05, 3.63) is 40.4 Å². The molecule has 2 fully saturated rings. The average molecular weight is 339 g/mol. The number of thiazole rings is 1. The third-order valence-electron chi connectivity index (χ3n) is 5.51. The van der Waals surface area contributed by atoms with Crippen LogP contribution in [0.3, 0.4) is 0 Å². The molecule has 0 saturated heterocycles. The van der Waals surface area contributed by atoms with E-state index in [1.807, 2.05) is 18.4 Å². The standard InChI is InChI=1S/C20H21NO2S/c1-3-12-4-7-15(20-21-11(2)10-24-20)9-16(12)17-18(22)13-5-6-14(8-13)19(17)23/h4,7,9-10,13-14,17H,3,5-6,8H2,1-2H3/t13-,14?,17?/m0/s1. The molecule has 2 unspecified atom stereocenters. The fourth-order valence-electron chi connectivity index (χ4n) is 4.22. The molecule has 3 nitrogen and oxygen atoms in total. The number of nitrogens with zero attached hydrogens (tertiary/aromatic N) is 1. The molecule has 0 aliphatic heterocycles. The van der Waals surface area contributed by atoms with Gasteiger partial charge in [0, 0.05) is 28.5 Å². The van der Waals surface area contributed by atoms with Crippen LogP contribution in [-0.4, -0.2) is 16.6 Å². The number of carbonyl (C=O) groups is 2. The largest absolute Gasteiger partial charge is 0.298 e. The summed E-state index contributed by atoms with van der Waals surface area (Å²) < 4.78 is 0. The molecule has 1 heterocycles. The van der Waals surface area contributed by atoms with E-state index < -0.39 is 5.92 Å². The zero-order chi connectivity index (χ0) is 16.8. The molecule has 2 aliphatic rings. The van der Waals surface area contributed by atoms with Crippen LogP contribution in [0, 0.1) is 18.8 Å². The molecular formula is C20H21NO2S. The fraction of sp³-hybridized carbons (Fsp3) is 0.450. The number of hydrogen-bond donors (Lipinski definition) is 0. The summed E-state index contributed by atoms with van der Waals surface area (Å²) >= 11 is 1.61. The van der Waals surface area contributed by atoms with Gasteiger partial charge in [-0.15, -0.1) is 11.3 Å². The van der Waals surface area contributed by atoms with Crippen LogP contribution in [-0.2, 0) is 16.0 Å². The first kappa shape index (κ1) is 15.7. The van der Waals surface area contributed by atoms with Crippen molar-refractivity contribution >= 4 is 22.9 Å². The highest BCUT2D eigenvalue weighted by molar-refractivity contribution is 7.13. The van der Waals surface area contributed by atoms with E-state index in [1.165, 1.54) is 0 Å². The van der Waals surface area contributed by atoms with Gasteiger partial charge in [-0.05, 0) is 49.8 Å². The van der Waals surface area contributed by atoms with Gasteiger partial charge in [0.15, 0.2) is 11.6 Å². The molecule has 2 aliphatic carbocycles. The Morgan fingerprint density at radius 3 is 2.46 bits per heavy atom. The number of Topliss-reactive ketones (excluding diaryl/α,β-unsaturated/α-hetero) is 2. The number of benzene rings is 1. The Hall–Kier alpha value is -1.81. The summed E-state index contributed by atoms with van der Waals surface area (Å²) in [6.07, 6.45) is 3.39. The molecule has 1 aromatic heterocycles. The molecule has 2 saturated carbocycles. The molecule has 2 aromatic rings. The van der Waals surface area contributed by atoms with Gasteiger partial charge in [-0.2, -0.15) is 0 Å². The number of hydrogen-bond acceptors (Lipinski definition) is 4. The zero-order valence-electron chi connectivity index (χ0n) is 14.0. The highest BCUT2D eigenvalue weighted by Crippen LogP contribution is 2.45. The first-order valence-corrected chi connectivity index (χ1v) is 9.59. The van der Waals surface area contributed by atoms with Crippen molar-refractivity contribution in [2.75, 3.05) is 0 Å². The number of ketones is 2. The van der Waals surface area contributed by atoms with Crippen molar-refractivity contribution < 1.29 is 9.59 Å². The van der Waals surface area contributed by atoms with Gasteiger partial charge in [0.1, 0.15) is 10.9 Å². The summed E-state index contributed by atoms with van der Waals surface area (Å²) in [7, 11) is 0. The van der Waals surface area contributed by atoms with Crippen LogP contribution in [0.4, 0.5) is 0 Å². The van der Waals surface area contributed by atoms with Gasteiger partial charge in [0.2, 0.25) is 0 Å². The van der Waals surface area contributed by atoms with Gasteiger partial charge in [-0.3, -0.25) is 9.59 Å². The zero-order valence-corrected chi connectivity index (χ0v) is 14.9. The Balaban J connectivity index is 1.81. The van der Waals surface area contributed by atoms with Crippen molar-refractivity contribution in [3.63, 3.8) is 0 Å². The Kier molecular flexibility index (Phi) is 3.87. The minimum Gasteiger partial charge on any atom is -0.298 e. The molecule has 4 rings (SSSR count). The van der Waals surface area contributed by atoms with Crippen LogP contribution in [0.15, 0.2) is 23.6 Å². The molecule has 3 atom stereocenters. The van der Waals surface area contributed by atoms with E-state index in [4.69, 9.17) is 0 Å². The van der Waals surface area contributed by atoms with Crippen molar-refractivity contribution in [1.82, 2.24) is 4.98 Å². The van der Waals surface area contributed by atoms with E-state index in [2.05, 4.69) is 24.0 Å². The van der Waals surface area contributed by atoms with Gasteiger partial charge in [0.25, 0.3) is 0 Å². The smallest absolute Gasteiger partial charge is 0.150 e. The van der Waals surface area contributed by atoms with Crippen molar-refractivity contribution in [2.24, 2.45) is 11.8 Å². The Morgan fingerprint density at radius 2 is 1.88 bits per heavy atom. The van der Waals surface area contributed by atoms with E-state index in [0.29, 0.717) is 0 Å². The van der Waals surface area contributed by atoms with E-state index in [1.54, 1.807) is 11.3 Å². The van der Waals surface area contributed by atoms with Crippen LogP contribution >= 0.6 is 11.3 Å². The van der Waals surface area contributed by atoms with Crippen molar-refractivity contribution in [2.45, 2.75) is 45.4 Å². The Bertz CT molecular complexity index is 801. The molecule has 24 heavy (non-hydrogen) atoms. The minimum absolute atomic E-state index is 0.0909. The highest BCUT2D eigenvalue weighted by Gasteiger charge is 2.47. The van der Waals surface area contributed by atoms with Crippen molar-refractivity contribution in [3.8, 4) is 10.6 Å². The second kappa shape index (κ2) is 5.92. The first-order valence-electron chi connectivity index (χ1n) is 8.71. The maximum atomic E-state index is 12.9. The van der Waals surface area contributed by atoms with E-state index in [-0.39, 0.29) is 23.4 Å². The maximum Gasteiger partial charge on any atom is 0.150 e. The Morgan fingerprint density at radius 1 is 1.17 bits per heavy atom. The SMILES string of the molecule is CCc1ccc(-c2nc(C)cs2)cc1C1C(=O)C2CC[C@@H](C2)C1=O. The van der Waals surface area contributed by atoms with E-state index >= 15 is 0 Å². The fourth-order valence-corrected chi connectivity index (χ4v) is 5.02. The van der Waals surface area contributed by atoms with Crippen LogP contribution in [0.2, 0.25) is 0 Å². The third kappa shape index (κ3) is 2.44. The molecule has 0 radical (unpaired) electrons. The quantitative estimate of drug-likeness (QED) is 0.782. The molecule has 0 amide bonds. The molecule has 2 bridgehead atoms. The summed E-state index contributed by atoms with van der Waals surface area (Å²) in [5, 5.41) is 2.98. The van der Waals surface area contributed by atoms with Crippen LogP contribution in [0.5, 0.6) is 0 Å².